The number of nitrogens with one attached hydrogen (secondary N) is 2. The molecule has 138 valence electrons. The zero-order chi connectivity index (χ0) is 17.7. The predicted molar refractivity (Wildman–Crippen MR) is 113 cm³/mol. The van der Waals surface area contributed by atoms with Crippen molar-refractivity contribution in [3.8, 4) is 5.75 Å². The van der Waals surface area contributed by atoms with Crippen molar-refractivity contribution in [3.05, 3.63) is 52.5 Å². The summed E-state index contributed by atoms with van der Waals surface area (Å²) in [5.74, 6) is 3.47. The Labute approximate surface area is 167 Å². The molecule has 0 aliphatic carbocycles. The lowest BCUT2D eigenvalue weighted by Crippen LogP contribution is -2.38. The number of hydrogen-bond donors (Lipinski definition) is 2. The Morgan fingerprint density at radius 2 is 1.96 bits per heavy atom. The van der Waals surface area contributed by atoms with Gasteiger partial charge in [0.1, 0.15) is 17.3 Å². The number of furan rings is 1. The first-order valence-corrected chi connectivity index (χ1v) is 8.12. The van der Waals surface area contributed by atoms with Crippen LogP contribution >= 0.6 is 24.0 Å². The van der Waals surface area contributed by atoms with E-state index < -0.39 is 0 Å². The summed E-state index contributed by atoms with van der Waals surface area (Å²) in [6.45, 7) is 8.76. The Bertz CT molecular complexity index is 725. The van der Waals surface area contributed by atoms with Crippen LogP contribution in [0.25, 0.3) is 0 Å². The number of hydrogen-bond acceptors (Lipinski definition) is 3. The van der Waals surface area contributed by atoms with Crippen LogP contribution in [0.15, 0.2) is 33.7 Å². The second-order valence-electron chi connectivity index (χ2n) is 5.98. The van der Waals surface area contributed by atoms with E-state index in [2.05, 4.69) is 35.5 Å². The predicted octanol–water partition coefficient (Wildman–Crippen LogP) is 4.26. The standard InChI is InChI=1S/C19H27N3O2.HI/c1-12-7-8-18(23-6)17(9-12)14(3)22-19(20-5)21-11-16-10-13(2)24-15(16)4;/h7-10,14H,11H2,1-6H3,(H2,20,21,22);1H. The molecule has 0 saturated carbocycles. The Kier molecular flexibility index (Phi) is 8.28. The zero-order valence-electron chi connectivity index (χ0n) is 15.8. The van der Waals surface area contributed by atoms with Gasteiger partial charge in [-0.2, -0.15) is 0 Å². The number of aliphatic imine (C=N–C) groups is 1. The second-order valence-corrected chi connectivity index (χ2v) is 5.98. The maximum absolute atomic E-state index is 5.56. The summed E-state index contributed by atoms with van der Waals surface area (Å²) in [4.78, 5) is 4.31. The summed E-state index contributed by atoms with van der Waals surface area (Å²) in [7, 11) is 3.46. The SMILES string of the molecule is CN=C(NCc1cc(C)oc1C)NC(C)c1cc(C)ccc1OC.I. The summed E-state index contributed by atoms with van der Waals surface area (Å²) < 4.78 is 11.0. The summed E-state index contributed by atoms with van der Waals surface area (Å²) in [6.07, 6.45) is 0. The lowest BCUT2D eigenvalue weighted by atomic mass is 10.0. The lowest BCUT2D eigenvalue weighted by molar-refractivity contribution is 0.405. The van der Waals surface area contributed by atoms with Gasteiger partial charge >= 0.3 is 0 Å². The fourth-order valence-corrected chi connectivity index (χ4v) is 2.71. The Balaban J connectivity index is 0.00000312. The highest BCUT2D eigenvalue weighted by Gasteiger charge is 2.14. The molecule has 25 heavy (non-hydrogen) atoms. The smallest absolute Gasteiger partial charge is 0.191 e. The summed E-state index contributed by atoms with van der Waals surface area (Å²) >= 11 is 0. The number of nitrogens with zero attached hydrogens (tertiary/aromatic N) is 1. The third kappa shape index (κ3) is 5.66. The molecule has 0 radical (unpaired) electrons. The third-order valence-electron chi connectivity index (χ3n) is 4.02. The van der Waals surface area contributed by atoms with Crippen LogP contribution in [0, 0.1) is 20.8 Å². The highest BCUT2D eigenvalue weighted by molar-refractivity contribution is 14.0. The molecular weight excluding hydrogens is 429 g/mol. The van der Waals surface area contributed by atoms with E-state index in [1.54, 1.807) is 14.2 Å². The first-order valence-electron chi connectivity index (χ1n) is 8.12. The summed E-state index contributed by atoms with van der Waals surface area (Å²) in [5.41, 5.74) is 3.44. The van der Waals surface area contributed by atoms with Crippen LogP contribution in [0.4, 0.5) is 0 Å². The average molecular weight is 457 g/mol. The molecule has 0 saturated heterocycles. The zero-order valence-corrected chi connectivity index (χ0v) is 18.1. The van der Waals surface area contributed by atoms with E-state index in [9.17, 15) is 0 Å². The fraction of sp³-hybridized carbons (Fsp3) is 0.421. The van der Waals surface area contributed by atoms with Crippen LogP contribution in [0.2, 0.25) is 0 Å². The van der Waals surface area contributed by atoms with Crippen molar-refractivity contribution in [1.29, 1.82) is 0 Å². The van der Waals surface area contributed by atoms with Crippen molar-refractivity contribution in [2.45, 2.75) is 40.3 Å². The third-order valence-corrected chi connectivity index (χ3v) is 4.02. The maximum Gasteiger partial charge on any atom is 0.191 e. The highest BCUT2D eigenvalue weighted by atomic mass is 127. The second kappa shape index (κ2) is 9.70. The molecule has 1 aromatic carbocycles. The molecule has 0 fully saturated rings. The molecular formula is C19H28IN3O2. The average Bonchev–Trinajstić information content (AvgIpc) is 2.88. The van der Waals surface area contributed by atoms with E-state index >= 15 is 0 Å². The monoisotopic (exact) mass is 457 g/mol. The van der Waals surface area contributed by atoms with Gasteiger partial charge in [-0.1, -0.05) is 17.7 Å². The number of ether oxygens (including phenoxy) is 1. The van der Waals surface area contributed by atoms with E-state index in [0.29, 0.717) is 6.54 Å². The lowest BCUT2D eigenvalue weighted by Gasteiger charge is -2.20. The number of rotatable bonds is 5. The fourth-order valence-electron chi connectivity index (χ4n) is 2.71. The normalized spacial score (nSPS) is 12.3. The van der Waals surface area contributed by atoms with Gasteiger partial charge in [0.25, 0.3) is 0 Å². The van der Waals surface area contributed by atoms with Crippen molar-refractivity contribution >= 4 is 29.9 Å². The van der Waals surface area contributed by atoms with Gasteiger partial charge in [-0.15, -0.1) is 24.0 Å². The molecule has 1 unspecified atom stereocenters. The Hall–Kier alpha value is -1.70. The minimum atomic E-state index is 0. The van der Waals surface area contributed by atoms with Crippen LogP contribution in [0.3, 0.4) is 0 Å². The highest BCUT2D eigenvalue weighted by Crippen LogP contribution is 2.26. The minimum Gasteiger partial charge on any atom is -0.496 e. The van der Waals surface area contributed by atoms with E-state index in [0.717, 1.165) is 34.4 Å². The molecule has 2 N–H and O–H groups in total. The molecule has 0 amide bonds. The van der Waals surface area contributed by atoms with Crippen LogP contribution in [-0.4, -0.2) is 20.1 Å². The van der Waals surface area contributed by atoms with Gasteiger partial charge in [-0.05, 0) is 39.8 Å². The molecule has 2 rings (SSSR count). The summed E-state index contributed by atoms with van der Waals surface area (Å²) in [5, 5.41) is 6.74. The molecule has 2 aromatic rings. The van der Waals surface area contributed by atoms with Crippen LogP contribution in [-0.2, 0) is 6.54 Å². The molecule has 0 bridgehead atoms. The van der Waals surface area contributed by atoms with Gasteiger partial charge in [0, 0.05) is 24.7 Å². The quantitative estimate of drug-likeness (QED) is 0.400. The van der Waals surface area contributed by atoms with E-state index in [1.807, 2.05) is 32.0 Å². The van der Waals surface area contributed by atoms with Crippen LogP contribution < -0.4 is 15.4 Å². The molecule has 1 heterocycles. The Morgan fingerprint density at radius 3 is 2.52 bits per heavy atom. The number of guanidine groups is 1. The van der Waals surface area contributed by atoms with E-state index in [-0.39, 0.29) is 30.0 Å². The number of benzene rings is 1. The molecule has 0 spiro atoms. The number of aryl methyl sites for hydroxylation is 3. The van der Waals surface area contributed by atoms with Crippen LogP contribution in [0.5, 0.6) is 5.75 Å². The molecule has 1 atom stereocenters. The van der Waals surface area contributed by atoms with Crippen molar-refractivity contribution in [2.24, 2.45) is 4.99 Å². The number of halogens is 1. The topological polar surface area (TPSA) is 58.8 Å². The van der Waals surface area contributed by atoms with E-state index in [1.165, 1.54) is 5.56 Å². The Morgan fingerprint density at radius 1 is 1.24 bits per heavy atom. The summed E-state index contributed by atoms with van der Waals surface area (Å²) in [6, 6.07) is 8.29. The van der Waals surface area contributed by atoms with Crippen molar-refractivity contribution in [2.75, 3.05) is 14.2 Å². The van der Waals surface area contributed by atoms with Gasteiger partial charge in [0.05, 0.1) is 13.2 Å². The van der Waals surface area contributed by atoms with Gasteiger partial charge in [-0.3, -0.25) is 4.99 Å². The maximum atomic E-state index is 5.56. The number of methoxy groups -OCH3 is 1. The van der Waals surface area contributed by atoms with Gasteiger partial charge in [0.2, 0.25) is 0 Å². The van der Waals surface area contributed by atoms with Gasteiger partial charge in [-0.25, -0.2) is 0 Å². The van der Waals surface area contributed by atoms with Crippen molar-refractivity contribution in [3.63, 3.8) is 0 Å². The van der Waals surface area contributed by atoms with Crippen molar-refractivity contribution < 1.29 is 9.15 Å². The first kappa shape index (κ1) is 21.3. The van der Waals surface area contributed by atoms with Gasteiger partial charge in [0.15, 0.2) is 5.96 Å². The minimum absolute atomic E-state index is 0. The van der Waals surface area contributed by atoms with Crippen LogP contribution in [0.1, 0.15) is 41.2 Å². The molecule has 6 heteroatoms. The van der Waals surface area contributed by atoms with E-state index in [4.69, 9.17) is 9.15 Å². The molecule has 0 aliphatic heterocycles. The largest absolute Gasteiger partial charge is 0.496 e. The van der Waals surface area contributed by atoms with Crippen molar-refractivity contribution in [1.82, 2.24) is 10.6 Å². The van der Waals surface area contributed by atoms with Gasteiger partial charge < -0.3 is 19.8 Å². The molecule has 5 nitrogen and oxygen atoms in total. The molecule has 0 aliphatic rings. The first-order chi connectivity index (χ1) is 11.4. The molecule has 1 aromatic heterocycles.